The SMILES string of the molecule is COCC1CCN(C(=O)c2cc(-c3ccccc3)c(=O)n3c2-c2cc(Cl)ccc2CC3)C1. The van der Waals surface area contributed by atoms with Gasteiger partial charge in [0, 0.05) is 48.8 Å². The van der Waals surface area contributed by atoms with Crippen LogP contribution in [0, 0.1) is 5.92 Å². The highest BCUT2D eigenvalue weighted by Crippen LogP contribution is 2.36. The number of carbonyl (C=O) groups excluding carboxylic acids is 1. The number of ether oxygens (including phenoxy) is 1. The van der Waals surface area contributed by atoms with Gasteiger partial charge in [0.05, 0.1) is 17.9 Å². The fraction of sp³-hybridized carbons (Fsp3) is 0.308. The van der Waals surface area contributed by atoms with Crippen molar-refractivity contribution in [1.29, 1.82) is 0 Å². The molecule has 5 nitrogen and oxygen atoms in total. The van der Waals surface area contributed by atoms with Gasteiger partial charge in [-0.3, -0.25) is 9.59 Å². The minimum absolute atomic E-state index is 0.0441. The van der Waals surface area contributed by atoms with Gasteiger partial charge < -0.3 is 14.2 Å². The van der Waals surface area contributed by atoms with Crippen LogP contribution in [0.3, 0.4) is 0 Å². The molecule has 1 unspecified atom stereocenters. The first-order valence-corrected chi connectivity index (χ1v) is 11.3. The third-order valence-electron chi connectivity index (χ3n) is 6.51. The van der Waals surface area contributed by atoms with Gasteiger partial charge in [0.1, 0.15) is 0 Å². The van der Waals surface area contributed by atoms with Gasteiger partial charge >= 0.3 is 0 Å². The molecular formula is C26H25ClN2O3. The fourth-order valence-corrected chi connectivity index (χ4v) is 5.11. The normalized spacial score (nSPS) is 17.2. The molecule has 6 heteroatoms. The molecule has 2 aliphatic rings. The van der Waals surface area contributed by atoms with Crippen molar-refractivity contribution in [2.45, 2.75) is 19.4 Å². The Labute approximate surface area is 192 Å². The highest BCUT2D eigenvalue weighted by molar-refractivity contribution is 6.31. The second-order valence-electron chi connectivity index (χ2n) is 8.56. The zero-order valence-corrected chi connectivity index (χ0v) is 18.8. The first-order chi connectivity index (χ1) is 15.6. The number of carbonyl (C=O) groups is 1. The van der Waals surface area contributed by atoms with E-state index >= 15 is 0 Å². The van der Waals surface area contributed by atoms with Crippen LogP contribution in [0.2, 0.25) is 5.02 Å². The number of amides is 1. The Bertz CT molecular complexity index is 1240. The molecule has 0 aliphatic carbocycles. The summed E-state index contributed by atoms with van der Waals surface area (Å²) in [6.45, 7) is 2.53. The number of aromatic nitrogens is 1. The van der Waals surface area contributed by atoms with E-state index in [4.69, 9.17) is 16.3 Å². The highest BCUT2D eigenvalue weighted by Gasteiger charge is 2.32. The fourth-order valence-electron chi connectivity index (χ4n) is 4.94. The Morgan fingerprint density at radius 1 is 1.09 bits per heavy atom. The largest absolute Gasteiger partial charge is 0.384 e. The zero-order valence-electron chi connectivity index (χ0n) is 18.0. The minimum atomic E-state index is -0.0768. The van der Waals surface area contributed by atoms with Gasteiger partial charge in [0.2, 0.25) is 0 Å². The lowest BCUT2D eigenvalue weighted by atomic mass is 9.92. The van der Waals surface area contributed by atoms with Crippen LogP contribution in [-0.2, 0) is 17.7 Å². The Kier molecular flexibility index (Phi) is 5.62. The third kappa shape index (κ3) is 3.65. The summed E-state index contributed by atoms with van der Waals surface area (Å²) in [6.07, 6.45) is 1.65. The Hall–Kier alpha value is -2.89. The van der Waals surface area contributed by atoms with Gasteiger partial charge in [-0.05, 0) is 42.2 Å². The summed E-state index contributed by atoms with van der Waals surface area (Å²) in [6, 6.07) is 17.1. The number of benzene rings is 2. The molecule has 3 aromatic rings. The number of likely N-dealkylation sites (tertiary alicyclic amines) is 1. The molecule has 3 heterocycles. The Morgan fingerprint density at radius 3 is 2.69 bits per heavy atom. The summed E-state index contributed by atoms with van der Waals surface area (Å²) in [4.78, 5) is 29.2. The molecule has 0 bridgehead atoms. The van der Waals surface area contributed by atoms with Crippen molar-refractivity contribution in [3.05, 3.63) is 81.1 Å². The molecule has 5 rings (SSSR count). The molecule has 0 spiro atoms. The topological polar surface area (TPSA) is 51.5 Å². The van der Waals surface area contributed by atoms with E-state index in [1.54, 1.807) is 17.7 Å². The zero-order chi connectivity index (χ0) is 22.2. The van der Waals surface area contributed by atoms with Crippen LogP contribution in [0.15, 0.2) is 59.4 Å². The number of halogens is 1. The third-order valence-corrected chi connectivity index (χ3v) is 6.75. The standard InChI is InChI=1S/C26H25ClN2O3/c1-32-16-17-9-11-28(15-17)25(30)23-14-22(18-5-3-2-4-6-18)26(31)29-12-10-19-7-8-20(27)13-21(19)24(23)29/h2-8,13-14,17H,9-12,15-16H2,1H3. The summed E-state index contributed by atoms with van der Waals surface area (Å²) in [5.74, 6) is 0.291. The smallest absolute Gasteiger partial charge is 0.258 e. The molecule has 2 aromatic carbocycles. The number of pyridine rings is 1. The van der Waals surface area contributed by atoms with E-state index in [9.17, 15) is 9.59 Å². The van der Waals surface area contributed by atoms with Crippen molar-refractivity contribution in [3.8, 4) is 22.4 Å². The van der Waals surface area contributed by atoms with Crippen molar-refractivity contribution in [2.75, 3.05) is 26.8 Å². The van der Waals surface area contributed by atoms with Gasteiger partial charge in [-0.2, -0.15) is 0 Å². The Morgan fingerprint density at radius 2 is 1.91 bits per heavy atom. The molecule has 1 aromatic heterocycles. The maximum absolute atomic E-state index is 13.8. The number of hydrogen-bond acceptors (Lipinski definition) is 3. The van der Waals surface area contributed by atoms with Crippen LogP contribution < -0.4 is 5.56 Å². The number of aryl methyl sites for hydroxylation is 1. The van der Waals surface area contributed by atoms with Gasteiger partial charge in [0.15, 0.2) is 0 Å². The van der Waals surface area contributed by atoms with E-state index in [-0.39, 0.29) is 11.5 Å². The van der Waals surface area contributed by atoms with Crippen LogP contribution >= 0.6 is 11.6 Å². The van der Waals surface area contributed by atoms with E-state index in [0.717, 1.165) is 29.5 Å². The number of hydrogen-bond donors (Lipinski definition) is 0. The average Bonchev–Trinajstić information content (AvgIpc) is 3.28. The molecular weight excluding hydrogens is 424 g/mol. The first kappa shape index (κ1) is 21.0. The van der Waals surface area contributed by atoms with E-state index < -0.39 is 0 Å². The lowest BCUT2D eigenvalue weighted by molar-refractivity contribution is 0.0775. The molecule has 2 aliphatic heterocycles. The lowest BCUT2D eigenvalue weighted by Crippen LogP contribution is -2.34. The van der Waals surface area contributed by atoms with Crippen molar-refractivity contribution < 1.29 is 9.53 Å². The van der Waals surface area contributed by atoms with Gasteiger partial charge in [0.25, 0.3) is 11.5 Å². The molecule has 1 atom stereocenters. The van der Waals surface area contributed by atoms with Crippen molar-refractivity contribution >= 4 is 17.5 Å². The Balaban J connectivity index is 1.70. The summed E-state index contributed by atoms with van der Waals surface area (Å²) in [5.41, 5.74) is 4.51. The molecule has 164 valence electrons. The van der Waals surface area contributed by atoms with Crippen LogP contribution in [0.1, 0.15) is 22.3 Å². The van der Waals surface area contributed by atoms with Gasteiger partial charge in [-0.1, -0.05) is 48.0 Å². The molecule has 0 radical (unpaired) electrons. The van der Waals surface area contributed by atoms with Crippen LogP contribution in [-0.4, -0.2) is 42.2 Å². The quantitative estimate of drug-likeness (QED) is 0.590. The lowest BCUT2D eigenvalue weighted by Gasteiger charge is -2.27. The summed E-state index contributed by atoms with van der Waals surface area (Å²) < 4.78 is 7.07. The number of fused-ring (bicyclic) bond motifs is 3. The van der Waals surface area contributed by atoms with Crippen LogP contribution in [0.4, 0.5) is 0 Å². The predicted octanol–water partition coefficient (Wildman–Crippen LogP) is 4.50. The second kappa shape index (κ2) is 8.57. The molecule has 32 heavy (non-hydrogen) atoms. The maximum atomic E-state index is 13.8. The number of rotatable bonds is 4. The van der Waals surface area contributed by atoms with E-state index in [1.165, 1.54) is 0 Å². The van der Waals surface area contributed by atoms with E-state index in [2.05, 4.69) is 0 Å². The maximum Gasteiger partial charge on any atom is 0.258 e. The number of nitrogens with zero attached hydrogens (tertiary/aromatic N) is 2. The number of methoxy groups -OCH3 is 1. The van der Waals surface area contributed by atoms with E-state index in [1.807, 2.05) is 53.4 Å². The predicted molar refractivity (Wildman–Crippen MR) is 126 cm³/mol. The van der Waals surface area contributed by atoms with E-state index in [0.29, 0.717) is 54.0 Å². The average molecular weight is 449 g/mol. The molecule has 1 fully saturated rings. The van der Waals surface area contributed by atoms with Crippen molar-refractivity contribution in [3.63, 3.8) is 0 Å². The van der Waals surface area contributed by atoms with Crippen molar-refractivity contribution in [1.82, 2.24) is 9.47 Å². The minimum Gasteiger partial charge on any atom is -0.384 e. The van der Waals surface area contributed by atoms with Crippen molar-refractivity contribution in [2.24, 2.45) is 5.92 Å². The second-order valence-corrected chi connectivity index (χ2v) is 8.99. The molecule has 1 amide bonds. The molecule has 0 saturated carbocycles. The van der Waals surface area contributed by atoms with Gasteiger partial charge in [-0.25, -0.2) is 0 Å². The molecule has 0 N–H and O–H groups in total. The highest BCUT2D eigenvalue weighted by atomic mass is 35.5. The van der Waals surface area contributed by atoms with Gasteiger partial charge in [-0.15, -0.1) is 0 Å². The first-order valence-electron chi connectivity index (χ1n) is 11.0. The van der Waals surface area contributed by atoms with Crippen LogP contribution in [0.5, 0.6) is 0 Å². The monoisotopic (exact) mass is 448 g/mol. The summed E-state index contributed by atoms with van der Waals surface area (Å²) in [5, 5.41) is 0.594. The summed E-state index contributed by atoms with van der Waals surface area (Å²) in [7, 11) is 1.69. The molecule has 1 saturated heterocycles. The van der Waals surface area contributed by atoms with Crippen LogP contribution in [0.25, 0.3) is 22.4 Å². The summed E-state index contributed by atoms with van der Waals surface area (Å²) >= 11 is 6.33.